The maximum absolute atomic E-state index is 13.0. The summed E-state index contributed by atoms with van der Waals surface area (Å²) in [5.41, 5.74) is 0.402. The van der Waals surface area contributed by atoms with Crippen molar-refractivity contribution in [2.75, 3.05) is 46.9 Å². The molecule has 2 saturated heterocycles. The smallest absolute Gasteiger partial charge is 0.253 e. The Balaban J connectivity index is 0.00000280. The van der Waals surface area contributed by atoms with Crippen LogP contribution < -0.4 is 10.1 Å². The van der Waals surface area contributed by atoms with E-state index in [9.17, 15) is 13.2 Å². The number of nitrogens with one attached hydrogen (secondary N) is 1. The highest BCUT2D eigenvalue weighted by Crippen LogP contribution is 2.30. The summed E-state index contributed by atoms with van der Waals surface area (Å²) in [6.07, 6.45) is 3.79. The molecule has 1 N–H and O–H groups in total. The van der Waals surface area contributed by atoms with Crippen molar-refractivity contribution in [1.82, 2.24) is 14.5 Å². The molecule has 1 aromatic rings. The van der Waals surface area contributed by atoms with Crippen LogP contribution >= 0.6 is 12.4 Å². The molecule has 2 aliphatic heterocycles. The lowest BCUT2D eigenvalue weighted by Crippen LogP contribution is -2.42. The van der Waals surface area contributed by atoms with Gasteiger partial charge in [-0.25, -0.2) is 8.42 Å². The van der Waals surface area contributed by atoms with Gasteiger partial charge < -0.3 is 15.0 Å². The van der Waals surface area contributed by atoms with Crippen LogP contribution in [-0.4, -0.2) is 70.4 Å². The third kappa shape index (κ3) is 4.79. The van der Waals surface area contributed by atoms with Gasteiger partial charge in [0.15, 0.2) is 0 Å². The molecule has 2 aliphatic rings. The molecule has 158 valence electrons. The third-order valence-corrected chi connectivity index (χ3v) is 7.31. The van der Waals surface area contributed by atoms with E-state index in [0.29, 0.717) is 37.7 Å². The molecule has 1 unspecified atom stereocenters. The van der Waals surface area contributed by atoms with Crippen LogP contribution in [0, 0.1) is 5.92 Å². The van der Waals surface area contributed by atoms with Crippen LogP contribution in [0.1, 0.15) is 36.0 Å². The Morgan fingerprint density at radius 1 is 1.21 bits per heavy atom. The Morgan fingerprint density at radius 3 is 2.57 bits per heavy atom. The first-order valence-electron chi connectivity index (χ1n) is 9.59. The zero-order valence-corrected chi connectivity index (χ0v) is 18.2. The van der Waals surface area contributed by atoms with Gasteiger partial charge in [-0.3, -0.25) is 4.79 Å². The van der Waals surface area contributed by atoms with E-state index < -0.39 is 10.0 Å². The zero-order chi connectivity index (χ0) is 19.4. The van der Waals surface area contributed by atoms with Gasteiger partial charge in [-0.2, -0.15) is 4.31 Å². The van der Waals surface area contributed by atoms with Gasteiger partial charge in [-0.15, -0.1) is 12.4 Å². The van der Waals surface area contributed by atoms with Crippen molar-refractivity contribution in [3.63, 3.8) is 0 Å². The molecule has 2 fully saturated rings. The number of rotatable bonds is 6. The Bertz CT molecular complexity index is 779. The Hall–Kier alpha value is -1.35. The Kier molecular flexibility index (Phi) is 8.12. The van der Waals surface area contributed by atoms with E-state index in [-0.39, 0.29) is 29.0 Å². The molecule has 1 atom stereocenters. The summed E-state index contributed by atoms with van der Waals surface area (Å²) < 4.78 is 32.8. The van der Waals surface area contributed by atoms with Gasteiger partial charge in [-0.05, 0) is 63.4 Å². The first kappa shape index (κ1) is 22.9. The first-order valence-corrected chi connectivity index (χ1v) is 11.0. The second-order valence-corrected chi connectivity index (χ2v) is 9.20. The molecule has 1 aromatic carbocycles. The monoisotopic (exact) mass is 431 g/mol. The van der Waals surface area contributed by atoms with Crippen LogP contribution in [0.5, 0.6) is 5.75 Å². The van der Waals surface area contributed by atoms with Crippen molar-refractivity contribution in [2.45, 2.75) is 30.6 Å². The second-order valence-electron chi connectivity index (χ2n) is 7.29. The van der Waals surface area contributed by atoms with Gasteiger partial charge >= 0.3 is 0 Å². The van der Waals surface area contributed by atoms with E-state index in [0.717, 1.165) is 32.2 Å². The molecule has 7 nitrogen and oxygen atoms in total. The summed E-state index contributed by atoms with van der Waals surface area (Å²) in [7, 11) is -0.292. The highest BCUT2D eigenvalue weighted by Gasteiger charge is 2.31. The fraction of sp³-hybridized carbons (Fsp3) is 0.632. The summed E-state index contributed by atoms with van der Waals surface area (Å²) in [6, 6.07) is 4.73. The van der Waals surface area contributed by atoms with Crippen molar-refractivity contribution in [1.29, 1.82) is 0 Å². The largest absolute Gasteiger partial charge is 0.495 e. The number of ether oxygens (including phenoxy) is 1. The fourth-order valence-electron chi connectivity index (χ4n) is 3.97. The van der Waals surface area contributed by atoms with E-state index in [1.54, 1.807) is 12.1 Å². The van der Waals surface area contributed by atoms with Crippen molar-refractivity contribution in [2.24, 2.45) is 5.92 Å². The number of halogens is 1. The molecule has 0 aliphatic carbocycles. The summed E-state index contributed by atoms with van der Waals surface area (Å²) in [5.74, 6) is 0.597. The maximum atomic E-state index is 13.0. The highest BCUT2D eigenvalue weighted by atomic mass is 35.5. The van der Waals surface area contributed by atoms with Gasteiger partial charge in [0.05, 0.1) is 7.11 Å². The number of likely N-dealkylation sites (tertiary alicyclic amines) is 1. The predicted molar refractivity (Wildman–Crippen MR) is 111 cm³/mol. The van der Waals surface area contributed by atoms with Crippen molar-refractivity contribution in [3.05, 3.63) is 23.8 Å². The number of amides is 1. The minimum absolute atomic E-state index is 0. The van der Waals surface area contributed by atoms with Crippen molar-refractivity contribution in [3.8, 4) is 5.75 Å². The number of piperidine rings is 1. The van der Waals surface area contributed by atoms with Crippen LogP contribution in [0.25, 0.3) is 0 Å². The Morgan fingerprint density at radius 2 is 1.93 bits per heavy atom. The van der Waals surface area contributed by atoms with E-state index in [2.05, 4.69) is 5.32 Å². The minimum Gasteiger partial charge on any atom is -0.495 e. The Labute approximate surface area is 173 Å². The lowest BCUT2D eigenvalue weighted by Gasteiger charge is -2.33. The standard InChI is InChI=1S/C19H29N3O4S.ClH/c1-20-13-15-6-5-9-21(14-15)19(23)16-7-8-17(26-2)18(12-16)27(24,25)22-10-3-4-11-22;/h7-8,12,15,20H,3-6,9-11,13-14H2,1-2H3;1H. The number of methoxy groups -OCH3 is 1. The lowest BCUT2D eigenvalue weighted by atomic mass is 9.97. The van der Waals surface area contributed by atoms with Gasteiger partial charge in [0.2, 0.25) is 10.0 Å². The van der Waals surface area contributed by atoms with Gasteiger partial charge in [0, 0.05) is 31.7 Å². The van der Waals surface area contributed by atoms with Crippen LogP contribution in [0.4, 0.5) is 0 Å². The summed E-state index contributed by atoms with van der Waals surface area (Å²) in [6.45, 7) is 3.31. The second kappa shape index (κ2) is 9.91. The van der Waals surface area contributed by atoms with E-state index in [1.807, 2.05) is 11.9 Å². The molecule has 0 aromatic heterocycles. The first-order chi connectivity index (χ1) is 13.0. The third-order valence-electron chi connectivity index (χ3n) is 5.39. The van der Waals surface area contributed by atoms with Crippen LogP contribution in [-0.2, 0) is 10.0 Å². The van der Waals surface area contributed by atoms with Gasteiger partial charge in [0.1, 0.15) is 10.6 Å². The number of carbonyl (C=O) groups excluding carboxylic acids is 1. The molecule has 3 rings (SSSR count). The number of benzene rings is 1. The maximum Gasteiger partial charge on any atom is 0.253 e. The molecular formula is C19H30ClN3O4S. The molecule has 0 radical (unpaired) electrons. The summed E-state index contributed by atoms with van der Waals surface area (Å²) >= 11 is 0. The topological polar surface area (TPSA) is 79.0 Å². The number of sulfonamides is 1. The van der Waals surface area contributed by atoms with Crippen LogP contribution in [0.15, 0.2) is 23.1 Å². The molecule has 0 spiro atoms. The average molecular weight is 432 g/mol. The fourth-order valence-corrected chi connectivity index (χ4v) is 5.66. The summed E-state index contributed by atoms with van der Waals surface area (Å²) in [5, 5.41) is 3.17. The van der Waals surface area contributed by atoms with Gasteiger partial charge in [-0.1, -0.05) is 0 Å². The predicted octanol–water partition coefficient (Wildman–Crippen LogP) is 1.97. The van der Waals surface area contributed by atoms with Gasteiger partial charge in [0.25, 0.3) is 5.91 Å². The number of hydrogen-bond acceptors (Lipinski definition) is 5. The molecule has 0 saturated carbocycles. The number of carbonyl (C=O) groups is 1. The minimum atomic E-state index is -3.66. The van der Waals surface area contributed by atoms with E-state index >= 15 is 0 Å². The van der Waals surface area contributed by atoms with Crippen molar-refractivity contribution >= 4 is 28.3 Å². The highest BCUT2D eigenvalue weighted by molar-refractivity contribution is 7.89. The molecular weight excluding hydrogens is 402 g/mol. The van der Waals surface area contributed by atoms with Crippen LogP contribution in [0.3, 0.4) is 0 Å². The lowest BCUT2D eigenvalue weighted by molar-refractivity contribution is 0.0674. The number of hydrogen-bond donors (Lipinski definition) is 1. The molecule has 1 amide bonds. The molecule has 9 heteroatoms. The summed E-state index contributed by atoms with van der Waals surface area (Å²) in [4.78, 5) is 14.9. The molecule has 0 bridgehead atoms. The quantitative estimate of drug-likeness (QED) is 0.745. The van der Waals surface area contributed by atoms with Crippen molar-refractivity contribution < 1.29 is 17.9 Å². The zero-order valence-electron chi connectivity index (χ0n) is 16.5. The average Bonchev–Trinajstić information content (AvgIpc) is 3.23. The molecule has 2 heterocycles. The normalized spacial score (nSPS) is 20.6. The van der Waals surface area contributed by atoms with E-state index in [4.69, 9.17) is 4.74 Å². The SMILES string of the molecule is CNCC1CCCN(C(=O)c2ccc(OC)c(S(=O)(=O)N3CCCC3)c2)C1.Cl. The molecule has 28 heavy (non-hydrogen) atoms. The number of nitrogens with zero attached hydrogens (tertiary/aromatic N) is 2. The van der Waals surface area contributed by atoms with E-state index in [1.165, 1.54) is 17.5 Å². The van der Waals surface area contributed by atoms with Crippen LogP contribution in [0.2, 0.25) is 0 Å².